The lowest BCUT2D eigenvalue weighted by atomic mass is 9.99. The number of carbonyl (C=O) groups is 2. The molecule has 6 atom stereocenters. The monoisotopic (exact) mass is 917 g/mol. The molecule has 376 valence electrons. The molecule has 0 aromatic carbocycles. The molecule has 10 nitrogen and oxygen atoms in total. The van der Waals surface area contributed by atoms with E-state index >= 15 is 0 Å². The molecule has 0 saturated carbocycles. The number of allylic oxidation sites excluding steroid dienone is 10. The second-order valence-electron chi connectivity index (χ2n) is 18.0. The van der Waals surface area contributed by atoms with Gasteiger partial charge in [-0.1, -0.05) is 197 Å². The molecule has 1 aliphatic heterocycles. The van der Waals surface area contributed by atoms with E-state index in [0.717, 1.165) is 57.8 Å². The highest BCUT2D eigenvalue weighted by Gasteiger charge is 2.44. The van der Waals surface area contributed by atoms with E-state index in [1.807, 2.05) is 0 Å². The van der Waals surface area contributed by atoms with Gasteiger partial charge in [-0.15, -0.1) is 0 Å². The van der Waals surface area contributed by atoms with Crippen LogP contribution in [-0.2, 0) is 28.5 Å². The number of aliphatic hydroxyl groups is 4. The smallest absolute Gasteiger partial charge is 0.306 e. The van der Waals surface area contributed by atoms with Crippen molar-refractivity contribution in [1.82, 2.24) is 0 Å². The molecule has 0 spiro atoms. The second-order valence-corrected chi connectivity index (χ2v) is 18.0. The first-order chi connectivity index (χ1) is 31.8. The quantitative estimate of drug-likeness (QED) is 0.0264. The average molecular weight is 917 g/mol. The van der Waals surface area contributed by atoms with Gasteiger partial charge in [0.05, 0.1) is 13.2 Å². The maximum atomic E-state index is 12.8. The van der Waals surface area contributed by atoms with Gasteiger partial charge in [0.25, 0.3) is 0 Å². The Balaban J connectivity index is 2.27. The molecule has 1 saturated heterocycles. The predicted molar refractivity (Wildman–Crippen MR) is 265 cm³/mol. The molecule has 2 unspecified atom stereocenters. The zero-order valence-electron chi connectivity index (χ0n) is 41.2. The van der Waals surface area contributed by atoms with Crippen molar-refractivity contribution in [1.29, 1.82) is 0 Å². The van der Waals surface area contributed by atoms with Crippen molar-refractivity contribution in [2.24, 2.45) is 0 Å². The summed E-state index contributed by atoms with van der Waals surface area (Å²) < 4.78 is 22.2. The number of hydrogen-bond acceptors (Lipinski definition) is 10. The lowest BCUT2D eigenvalue weighted by Gasteiger charge is -2.39. The van der Waals surface area contributed by atoms with E-state index in [0.29, 0.717) is 12.8 Å². The van der Waals surface area contributed by atoms with Gasteiger partial charge >= 0.3 is 11.9 Å². The van der Waals surface area contributed by atoms with Crippen molar-refractivity contribution in [2.45, 2.75) is 256 Å². The Kier molecular flexibility index (Phi) is 42.0. The average Bonchev–Trinajstić information content (AvgIpc) is 3.30. The summed E-state index contributed by atoms with van der Waals surface area (Å²) in [6.45, 7) is 3.32. The molecule has 10 heteroatoms. The summed E-state index contributed by atoms with van der Waals surface area (Å²) >= 11 is 0. The number of hydrogen-bond donors (Lipinski definition) is 4. The normalized spacial score (nSPS) is 19.8. The van der Waals surface area contributed by atoms with Gasteiger partial charge in [0.15, 0.2) is 12.4 Å². The number of esters is 2. The summed E-state index contributed by atoms with van der Waals surface area (Å²) in [5, 5.41) is 40.2. The van der Waals surface area contributed by atoms with Crippen LogP contribution in [0.25, 0.3) is 0 Å². The molecule has 0 radical (unpaired) electrons. The van der Waals surface area contributed by atoms with E-state index in [2.05, 4.69) is 74.6 Å². The highest BCUT2D eigenvalue weighted by molar-refractivity contribution is 5.70. The summed E-state index contributed by atoms with van der Waals surface area (Å²) in [6.07, 6.45) is 49.6. The Morgan fingerprint density at radius 1 is 0.477 bits per heavy atom. The summed E-state index contributed by atoms with van der Waals surface area (Å²) in [5.41, 5.74) is 0. The maximum Gasteiger partial charge on any atom is 0.306 e. The molecular formula is C55H96O10. The number of ether oxygens (including phenoxy) is 4. The summed E-state index contributed by atoms with van der Waals surface area (Å²) in [4.78, 5) is 25.4. The topological polar surface area (TPSA) is 152 Å². The van der Waals surface area contributed by atoms with E-state index in [-0.39, 0.29) is 26.1 Å². The summed E-state index contributed by atoms with van der Waals surface area (Å²) in [7, 11) is 0. The van der Waals surface area contributed by atoms with Crippen LogP contribution in [0.1, 0.15) is 219 Å². The Bertz CT molecular complexity index is 1240. The molecule has 0 aromatic rings. The lowest BCUT2D eigenvalue weighted by molar-refractivity contribution is -0.305. The van der Waals surface area contributed by atoms with Crippen molar-refractivity contribution in [3.8, 4) is 0 Å². The maximum absolute atomic E-state index is 12.8. The van der Waals surface area contributed by atoms with Crippen molar-refractivity contribution in [3.63, 3.8) is 0 Å². The van der Waals surface area contributed by atoms with Crippen LogP contribution < -0.4 is 0 Å². The molecule has 1 rings (SSSR count). The zero-order valence-corrected chi connectivity index (χ0v) is 41.2. The fraction of sp³-hybridized carbons (Fsp3) is 0.782. The third-order valence-corrected chi connectivity index (χ3v) is 11.9. The molecule has 4 N–H and O–H groups in total. The van der Waals surface area contributed by atoms with E-state index in [9.17, 15) is 30.0 Å². The highest BCUT2D eigenvalue weighted by atomic mass is 16.7. The Morgan fingerprint density at radius 3 is 1.42 bits per heavy atom. The van der Waals surface area contributed by atoms with Gasteiger partial charge in [0, 0.05) is 12.8 Å². The first-order valence-electron chi connectivity index (χ1n) is 26.4. The Morgan fingerprint density at radius 2 is 0.908 bits per heavy atom. The molecule has 65 heavy (non-hydrogen) atoms. The number of unbranched alkanes of at least 4 members (excludes halogenated alkanes) is 23. The van der Waals surface area contributed by atoms with Crippen LogP contribution in [0.4, 0.5) is 0 Å². The van der Waals surface area contributed by atoms with Gasteiger partial charge in [-0.25, -0.2) is 0 Å². The predicted octanol–water partition coefficient (Wildman–Crippen LogP) is 12.6. The minimum absolute atomic E-state index is 0.185. The van der Waals surface area contributed by atoms with Gasteiger partial charge < -0.3 is 39.4 Å². The van der Waals surface area contributed by atoms with Crippen LogP contribution in [0.15, 0.2) is 60.8 Å². The Hall–Kier alpha value is -2.60. The molecule has 0 bridgehead atoms. The SMILES string of the molecule is CCC/C=C/C/C=C/C/C=C/C/C=C/CCCCCC(=O)O[C@@H](COC(=O)CCC/C=C/CCCCCCCCCCCCCCCCCCCC)CO[C@H]1O[C@@H](CO)[C@@H](O)C(O)C1O. The minimum Gasteiger partial charge on any atom is -0.462 e. The molecule has 1 fully saturated rings. The number of carbonyl (C=O) groups excluding carboxylic acids is 2. The molecule has 1 aliphatic rings. The fourth-order valence-electron chi connectivity index (χ4n) is 7.71. The van der Waals surface area contributed by atoms with Gasteiger partial charge in [0.1, 0.15) is 31.0 Å². The largest absolute Gasteiger partial charge is 0.462 e. The van der Waals surface area contributed by atoms with Gasteiger partial charge in [0.2, 0.25) is 0 Å². The Labute approximate surface area is 396 Å². The van der Waals surface area contributed by atoms with Gasteiger partial charge in [-0.05, 0) is 70.6 Å². The molecule has 1 heterocycles. The lowest BCUT2D eigenvalue weighted by Crippen LogP contribution is -2.59. The van der Waals surface area contributed by atoms with Gasteiger partial charge in [-0.2, -0.15) is 0 Å². The van der Waals surface area contributed by atoms with Crippen molar-refractivity contribution >= 4 is 11.9 Å². The van der Waals surface area contributed by atoms with E-state index in [1.54, 1.807) is 0 Å². The third-order valence-electron chi connectivity index (χ3n) is 11.9. The van der Waals surface area contributed by atoms with Crippen LogP contribution >= 0.6 is 0 Å². The minimum atomic E-state index is -1.61. The second kappa shape index (κ2) is 45.2. The van der Waals surface area contributed by atoms with Crippen LogP contribution in [0, 0.1) is 0 Å². The van der Waals surface area contributed by atoms with Crippen molar-refractivity contribution in [2.75, 3.05) is 19.8 Å². The molecular weight excluding hydrogens is 821 g/mol. The third kappa shape index (κ3) is 36.2. The van der Waals surface area contributed by atoms with Crippen LogP contribution in [-0.4, -0.2) is 89.0 Å². The van der Waals surface area contributed by atoms with E-state index in [1.165, 1.54) is 122 Å². The highest BCUT2D eigenvalue weighted by Crippen LogP contribution is 2.23. The molecule has 0 aliphatic carbocycles. The fourth-order valence-corrected chi connectivity index (χ4v) is 7.71. The standard InChI is InChI=1S/C55H96O10/c1-3-5-7-9-11-13-15-17-19-21-22-23-24-25-26-28-29-31-33-35-37-39-41-43-50(57)62-46-48(47-63-55-54(61)53(60)52(59)49(45-56)65-55)64-51(58)44-42-40-38-36-34-32-30-27-20-18-16-14-12-10-8-6-4-2/h8,10,14,16,20,27,32,34-35,37,48-49,52-56,59-61H,3-7,9,11-13,15,17-19,21-26,28-31,33,36,38-47H2,1-2H3/b10-8+,16-14+,27-20+,34-32+,37-35+/t48-,49-,52+,53?,54?,55-/m0/s1. The summed E-state index contributed by atoms with van der Waals surface area (Å²) in [5.74, 6) is -0.878. The number of rotatable bonds is 44. The van der Waals surface area contributed by atoms with Crippen LogP contribution in [0.2, 0.25) is 0 Å². The molecule has 0 aromatic heterocycles. The van der Waals surface area contributed by atoms with Gasteiger partial charge in [-0.3, -0.25) is 9.59 Å². The van der Waals surface area contributed by atoms with Crippen LogP contribution in [0.3, 0.4) is 0 Å². The zero-order chi connectivity index (χ0) is 47.3. The van der Waals surface area contributed by atoms with Crippen LogP contribution in [0.5, 0.6) is 0 Å². The van der Waals surface area contributed by atoms with Crippen molar-refractivity contribution < 1.29 is 49.0 Å². The van der Waals surface area contributed by atoms with E-state index < -0.39 is 55.4 Å². The summed E-state index contributed by atoms with van der Waals surface area (Å²) in [6, 6.07) is 0. The number of aliphatic hydroxyl groups excluding tert-OH is 4. The first-order valence-corrected chi connectivity index (χ1v) is 26.4. The van der Waals surface area contributed by atoms with Crippen molar-refractivity contribution in [3.05, 3.63) is 60.8 Å². The first kappa shape index (κ1) is 60.4. The van der Waals surface area contributed by atoms with E-state index in [4.69, 9.17) is 18.9 Å². The molecule has 0 amide bonds.